The highest BCUT2D eigenvalue weighted by Gasteiger charge is 1.88. The number of ether oxygens (including phenoxy) is 1. The summed E-state index contributed by atoms with van der Waals surface area (Å²) in [5, 5.41) is 0. The van der Waals surface area contributed by atoms with E-state index in [0.717, 1.165) is 5.57 Å². The van der Waals surface area contributed by atoms with Gasteiger partial charge in [-0.3, -0.25) is 0 Å². The molecule has 0 fully saturated rings. The van der Waals surface area contributed by atoms with Crippen molar-refractivity contribution in [1.82, 2.24) is 0 Å². The van der Waals surface area contributed by atoms with Gasteiger partial charge in [0.2, 0.25) is 0 Å². The van der Waals surface area contributed by atoms with Crippen LogP contribution >= 0.6 is 0 Å². The van der Waals surface area contributed by atoms with Crippen LogP contribution in [0.15, 0.2) is 23.8 Å². The summed E-state index contributed by atoms with van der Waals surface area (Å²) < 4.78 is 4.39. The van der Waals surface area contributed by atoms with E-state index >= 15 is 0 Å². The molecule has 0 aromatic heterocycles. The molecule has 0 aromatic rings. The van der Waals surface area contributed by atoms with E-state index < -0.39 is 0 Å². The van der Waals surface area contributed by atoms with Crippen molar-refractivity contribution in [3.8, 4) is 0 Å². The monoisotopic (exact) mass is 140 g/mol. The first-order valence-corrected chi connectivity index (χ1v) is 3.09. The fourth-order valence-corrected chi connectivity index (χ4v) is 0.364. The molecule has 0 rings (SSSR count). The Kier molecular flexibility index (Phi) is 4.29. The van der Waals surface area contributed by atoms with E-state index in [1.54, 1.807) is 6.08 Å². The van der Waals surface area contributed by atoms with Gasteiger partial charge in [-0.05, 0) is 13.8 Å². The van der Waals surface area contributed by atoms with Crippen LogP contribution in [0.5, 0.6) is 0 Å². The van der Waals surface area contributed by atoms with Gasteiger partial charge in [0, 0.05) is 6.08 Å². The Morgan fingerprint density at radius 2 is 2.00 bits per heavy atom. The van der Waals surface area contributed by atoms with Gasteiger partial charge in [-0.1, -0.05) is 17.7 Å². The molecule has 0 bridgehead atoms. The number of carbonyl (C=O) groups is 1. The van der Waals surface area contributed by atoms with Gasteiger partial charge in [0.05, 0.1) is 7.11 Å². The molecule has 0 aromatic carbocycles. The molecular formula is C8H12O2. The minimum Gasteiger partial charge on any atom is -0.466 e. The molecular weight excluding hydrogens is 128 g/mol. The Morgan fingerprint density at radius 3 is 2.40 bits per heavy atom. The Morgan fingerprint density at radius 1 is 1.40 bits per heavy atom. The number of methoxy groups -OCH3 is 1. The minimum atomic E-state index is -0.318. The van der Waals surface area contributed by atoms with Crippen molar-refractivity contribution in [3.63, 3.8) is 0 Å². The molecule has 0 saturated heterocycles. The molecule has 0 unspecified atom stereocenters. The van der Waals surface area contributed by atoms with Crippen LogP contribution in [0.25, 0.3) is 0 Å². The summed E-state index contributed by atoms with van der Waals surface area (Å²) in [5.74, 6) is -0.318. The third kappa shape index (κ3) is 3.89. The topological polar surface area (TPSA) is 26.3 Å². The fraction of sp³-hybridized carbons (Fsp3) is 0.375. The van der Waals surface area contributed by atoms with Crippen LogP contribution in [0.4, 0.5) is 0 Å². The van der Waals surface area contributed by atoms with Crippen molar-refractivity contribution in [2.24, 2.45) is 0 Å². The van der Waals surface area contributed by atoms with E-state index in [2.05, 4.69) is 4.74 Å². The second kappa shape index (κ2) is 4.79. The van der Waals surface area contributed by atoms with Gasteiger partial charge in [0.25, 0.3) is 0 Å². The summed E-state index contributed by atoms with van der Waals surface area (Å²) in [6.45, 7) is 3.83. The van der Waals surface area contributed by atoms with Crippen molar-refractivity contribution < 1.29 is 9.53 Å². The van der Waals surface area contributed by atoms with Crippen molar-refractivity contribution in [3.05, 3.63) is 23.8 Å². The number of hydrogen-bond acceptors (Lipinski definition) is 2. The van der Waals surface area contributed by atoms with Gasteiger partial charge >= 0.3 is 5.97 Å². The molecule has 0 amide bonds. The summed E-state index contributed by atoms with van der Waals surface area (Å²) in [6.07, 6.45) is 5.03. The number of allylic oxidation sites excluding steroid dienone is 3. The lowest BCUT2D eigenvalue weighted by Crippen LogP contribution is -1.93. The number of hydrogen-bond donors (Lipinski definition) is 0. The van der Waals surface area contributed by atoms with Crippen molar-refractivity contribution in [2.45, 2.75) is 13.8 Å². The predicted octanol–water partition coefficient (Wildman–Crippen LogP) is 1.68. The van der Waals surface area contributed by atoms with Crippen LogP contribution in [0, 0.1) is 0 Å². The zero-order chi connectivity index (χ0) is 7.98. The number of rotatable bonds is 2. The lowest BCUT2D eigenvalue weighted by atomic mass is 10.3. The molecule has 0 saturated carbocycles. The third-order valence-corrected chi connectivity index (χ3v) is 1.14. The first-order chi connectivity index (χ1) is 4.70. The maximum absolute atomic E-state index is 10.5. The largest absolute Gasteiger partial charge is 0.466 e. The summed E-state index contributed by atoms with van der Waals surface area (Å²) in [7, 11) is 1.36. The van der Waals surface area contributed by atoms with Crippen LogP contribution in [0.3, 0.4) is 0 Å². The van der Waals surface area contributed by atoms with Gasteiger partial charge in [-0.25, -0.2) is 4.79 Å². The SMILES string of the molecule is C/C=C(C)\C=C\C(=O)OC. The van der Waals surface area contributed by atoms with Gasteiger partial charge in [-0.15, -0.1) is 0 Å². The maximum atomic E-state index is 10.5. The highest BCUT2D eigenvalue weighted by atomic mass is 16.5. The molecule has 0 N–H and O–H groups in total. The van der Waals surface area contributed by atoms with Gasteiger partial charge in [0.1, 0.15) is 0 Å². The average Bonchev–Trinajstić information content (AvgIpc) is 1.99. The molecule has 0 aliphatic carbocycles. The molecule has 0 heterocycles. The van der Waals surface area contributed by atoms with Gasteiger partial charge in [-0.2, -0.15) is 0 Å². The second-order valence-corrected chi connectivity index (χ2v) is 1.89. The smallest absolute Gasteiger partial charge is 0.330 e. The molecule has 0 aliphatic heterocycles. The quantitative estimate of drug-likeness (QED) is 0.331. The van der Waals surface area contributed by atoms with Gasteiger partial charge < -0.3 is 4.74 Å². The van der Waals surface area contributed by atoms with Crippen LogP contribution in [0.1, 0.15) is 13.8 Å². The van der Waals surface area contributed by atoms with Crippen LogP contribution in [-0.2, 0) is 9.53 Å². The molecule has 2 heteroatoms. The Hall–Kier alpha value is -1.05. The highest BCUT2D eigenvalue weighted by molar-refractivity contribution is 5.82. The lowest BCUT2D eigenvalue weighted by Gasteiger charge is -1.89. The van der Waals surface area contributed by atoms with E-state index in [-0.39, 0.29) is 5.97 Å². The van der Waals surface area contributed by atoms with E-state index in [1.165, 1.54) is 13.2 Å². The second-order valence-electron chi connectivity index (χ2n) is 1.89. The van der Waals surface area contributed by atoms with E-state index in [4.69, 9.17) is 0 Å². The molecule has 56 valence electrons. The van der Waals surface area contributed by atoms with Gasteiger partial charge in [0.15, 0.2) is 0 Å². The van der Waals surface area contributed by atoms with Crippen LogP contribution in [0.2, 0.25) is 0 Å². The summed E-state index contributed by atoms with van der Waals surface area (Å²) in [6, 6.07) is 0. The average molecular weight is 140 g/mol. The minimum absolute atomic E-state index is 0.318. The molecule has 0 radical (unpaired) electrons. The Balaban J connectivity index is 3.88. The highest BCUT2D eigenvalue weighted by Crippen LogP contribution is 1.93. The maximum Gasteiger partial charge on any atom is 0.330 e. The lowest BCUT2D eigenvalue weighted by molar-refractivity contribution is -0.134. The van der Waals surface area contributed by atoms with Crippen LogP contribution < -0.4 is 0 Å². The standard InChI is InChI=1S/C8H12O2/c1-4-7(2)5-6-8(9)10-3/h4-6H,1-3H3/b6-5+,7-4-. The van der Waals surface area contributed by atoms with Crippen molar-refractivity contribution >= 4 is 5.97 Å². The van der Waals surface area contributed by atoms with Crippen molar-refractivity contribution in [2.75, 3.05) is 7.11 Å². The zero-order valence-corrected chi connectivity index (χ0v) is 6.55. The summed E-state index contributed by atoms with van der Waals surface area (Å²) in [5.41, 5.74) is 1.05. The summed E-state index contributed by atoms with van der Waals surface area (Å²) in [4.78, 5) is 10.5. The molecule has 0 aliphatic rings. The number of esters is 1. The fourth-order valence-electron chi connectivity index (χ4n) is 0.364. The van der Waals surface area contributed by atoms with Crippen molar-refractivity contribution in [1.29, 1.82) is 0 Å². The molecule has 2 nitrogen and oxygen atoms in total. The third-order valence-electron chi connectivity index (χ3n) is 1.14. The van der Waals surface area contributed by atoms with E-state index in [1.807, 2.05) is 19.9 Å². The molecule has 0 spiro atoms. The zero-order valence-electron chi connectivity index (χ0n) is 6.55. The normalized spacial score (nSPS) is 12.1. The summed E-state index contributed by atoms with van der Waals surface area (Å²) >= 11 is 0. The first-order valence-electron chi connectivity index (χ1n) is 3.09. The van der Waals surface area contributed by atoms with E-state index in [9.17, 15) is 4.79 Å². The predicted molar refractivity (Wildman–Crippen MR) is 40.6 cm³/mol. The first kappa shape index (κ1) is 8.95. The number of carbonyl (C=O) groups excluding carboxylic acids is 1. The Labute approximate surface area is 61.2 Å². The molecule has 10 heavy (non-hydrogen) atoms. The molecule has 0 atom stereocenters. The van der Waals surface area contributed by atoms with E-state index in [0.29, 0.717) is 0 Å². The van der Waals surface area contributed by atoms with Crippen LogP contribution in [-0.4, -0.2) is 13.1 Å². The Bertz CT molecular complexity index is 166.